The molecule has 4 unspecified atom stereocenters. The van der Waals surface area contributed by atoms with Crippen molar-refractivity contribution in [3.8, 4) is 5.82 Å². The molecule has 0 spiro atoms. The van der Waals surface area contributed by atoms with Crippen molar-refractivity contribution in [2.45, 2.75) is 37.3 Å². The maximum atomic E-state index is 13.2. The van der Waals surface area contributed by atoms with Crippen LogP contribution in [0.15, 0.2) is 42.9 Å². The molecule has 4 atom stereocenters. The SMILES string of the molecule is O=C(NC1c2ccccc2CC1O)c1nn(-c2c[n+]([O-])ccn2)c2c1CC1CC21. The summed E-state index contributed by atoms with van der Waals surface area (Å²) in [6.07, 6.45) is 5.88. The number of fused-ring (bicyclic) bond motifs is 4. The summed E-state index contributed by atoms with van der Waals surface area (Å²) < 4.78 is 2.33. The first-order chi connectivity index (χ1) is 14.1. The van der Waals surface area contributed by atoms with Gasteiger partial charge in [-0.05, 0) is 29.9 Å². The summed E-state index contributed by atoms with van der Waals surface area (Å²) in [5.41, 5.74) is 4.30. The fourth-order valence-corrected chi connectivity index (χ4v) is 4.91. The van der Waals surface area contributed by atoms with Crippen molar-refractivity contribution in [1.29, 1.82) is 0 Å². The highest BCUT2D eigenvalue weighted by atomic mass is 16.5. The first-order valence-corrected chi connectivity index (χ1v) is 9.84. The molecular formula is C21H19N5O3. The maximum absolute atomic E-state index is 13.2. The highest BCUT2D eigenvalue weighted by Crippen LogP contribution is 2.57. The number of aliphatic hydroxyl groups is 1. The first kappa shape index (κ1) is 16.7. The van der Waals surface area contributed by atoms with Crippen molar-refractivity contribution in [2.75, 3.05) is 0 Å². The molecule has 1 amide bonds. The molecule has 1 fully saturated rings. The molecule has 8 nitrogen and oxygen atoms in total. The quantitative estimate of drug-likeness (QED) is 0.512. The summed E-state index contributed by atoms with van der Waals surface area (Å²) in [6, 6.07) is 7.31. The Kier molecular flexibility index (Phi) is 3.37. The van der Waals surface area contributed by atoms with Crippen LogP contribution < -0.4 is 10.0 Å². The number of benzene rings is 1. The molecule has 0 aliphatic heterocycles. The number of aromatic nitrogens is 4. The average Bonchev–Trinajstić information content (AvgIpc) is 3.06. The molecule has 0 saturated heterocycles. The van der Waals surface area contributed by atoms with Gasteiger partial charge in [-0.25, -0.2) is 9.67 Å². The van der Waals surface area contributed by atoms with Crippen LogP contribution in [0.2, 0.25) is 0 Å². The van der Waals surface area contributed by atoms with E-state index in [1.165, 1.54) is 18.6 Å². The minimum atomic E-state index is -0.657. The lowest BCUT2D eigenvalue weighted by Gasteiger charge is -2.17. The van der Waals surface area contributed by atoms with Gasteiger partial charge in [-0.2, -0.15) is 9.83 Å². The Bertz CT molecular complexity index is 1160. The molecule has 29 heavy (non-hydrogen) atoms. The van der Waals surface area contributed by atoms with Gasteiger partial charge in [0.25, 0.3) is 5.91 Å². The van der Waals surface area contributed by atoms with E-state index in [1.54, 1.807) is 4.68 Å². The van der Waals surface area contributed by atoms with Gasteiger partial charge in [-0.15, -0.1) is 0 Å². The second kappa shape index (κ2) is 5.87. The maximum Gasteiger partial charge on any atom is 0.272 e. The van der Waals surface area contributed by atoms with Crippen LogP contribution in [0.3, 0.4) is 0 Å². The second-order valence-electron chi connectivity index (χ2n) is 8.13. The van der Waals surface area contributed by atoms with Crippen LogP contribution >= 0.6 is 0 Å². The fourth-order valence-electron chi connectivity index (χ4n) is 4.91. The zero-order chi connectivity index (χ0) is 19.7. The molecule has 146 valence electrons. The number of hydrogen-bond donors (Lipinski definition) is 2. The van der Waals surface area contributed by atoms with E-state index in [9.17, 15) is 15.1 Å². The van der Waals surface area contributed by atoms with Gasteiger partial charge in [0.05, 0.1) is 24.0 Å². The molecule has 6 rings (SSSR count). The lowest BCUT2D eigenvalue weighted by Crippen LogP contribution is -2.34. The monoisotopic (exact) mass is 389 g/mol. The molecule has 1 aromatic carbocycles. The van der Waals surface area contributed by atoms with Crippen LogP contribution in [0, 0.1) is 11.1 Å². The largest absolute Gasteiger partial charge is 0.619 e. The van der Waals surface area contributed by atoms with E-state index < -0.39 is 12.1 Å². The lowest BCUT2D eigenvalue weighted by molar-refractivity contribution is -0.605. The van der Waals surface area contributed by atoms with Crippen molar-refractivity contribution in [3.05, 3.63) is 76.1 Å². The Morgan fingerprint density at radius 2 is 2.17 bits per heavy atom. The first-order valence-electron chi connectivity index (χ1n) is 9.84. The van der Waals surface area contributed by atoms with E-state index in [1.807, 2.05) is 24.3 Å². The molecule has 3 aliphatic rings. The van der Waals surface area contributed by atoms with Gasteiger partial charge in [-0.3, -0.25) is 4.79 Å². The second-order valence-corrected chi connectivity index (χ2v) is 8.13. The summed E-state index contributed by atoms with van der Waals surface area (Å²) >= 11 is 0. The zero-order valence-electron chi connectivity index (χ0n) is 15.5. The van der Waals surface area contributed by atoms with Crippen molar-refractivity contribution in [2.24, 2.45) is 5.92 Å². The topological polar surface area (TPSA) is 107 Å². The molecule has 0 bridgehead atoms. The van der Waals surface area contributed by atoms with Crippen LogP contribution in [-0.2, 0) is 12.8 Å². The molecular weight excluding hydrogens is 370 g/mol. The molecule has 2 heterocycles. The van der Waals surface area contributed by atoms with Crippen LogP contribution in [0.5, 0.6) is 0 Å². The van der Waals surface area contributed by atoms with Crippen LogP contribution in [0.1, 0.15) is 51.3 Å². The predicted molar refractivity (Wildman–Crippen MR) is 101 cm³/mol. The highest BCUT2D eigenvalue weighted by Gasteiger charge is 2.50. The minimum Gasteiger partial charge on any atom is -0.619 e. The van der Waals surface area contributed by atoms with E-state index in [2.05, 4.69) is 15.4 Å². The van der Waals surface area contributed by atoms with Crippen molar-refractivity contribution in [1.82, 2.24) is 20.1 Å². The van der Waals surface area contributed by atoms with Gasteiger partial charge in [0.2, 0.25) is 12.0 Å². The third-order valence-corrected chi connectivity index (χ3v) is 6.35. The standard InChI is InChI=1S/C21H19N5O3/c27-16-9-11-3-1-2-4-13(11)18(16)23-21(28)19-15-8-12-7-14(12)20(15)26(24-19)17-10-25(29)6-5-22-17/h1-6,10,12,14,16,18,27H,7-9H2,(H,23,28). The molecule has 3 aliphatic carbocycles. The smallest absolute Gasteiger partial charge is 0.272 e. The molecule has 1 saturated carbocycles. The van der Waals surface area contributed by atoms with E-state index in [0.717, 1.165) is 35.2 Å². The molecule has 2 N–H and O–H groups in total. The van der Waals surface area contributed by atoms with Gasteiger partial charge in [0, 0.05) is 17.9 Å². The molecule has 2 aromatic heterocycles. The highest BCUT2D eigenvalue weighted by molar-refractivity contribution is 5.95. The van der Waals surface area contributed by atoms with Crippen LogP contribution in [0.4, 0.5) is 0 Å². The van der Waals surface area contributed by atoms with Gasteiger partial charge >= 0.3 is 0 Å². The Labute approximate surface area is 166 Å². The van der Waals surface area contributed by atoms with Crippen molar-refractivity contribution in [3.63, 3.8) is 0 Å². The summed E-state index contributed by atoms with van der Waals surface area (Å²) in [5.74, 6) is 1.03. The van der Waals surface area contributed by atoms with Crippen molar-refractivity contribution >= 4 is 5.91 Å². The molecule has 3 aromatic rings. The van der Waals surface area contributed by atoms with Gasteiger partial charge in [0.15, 0.2) is 11.9 Å². The number of nitrogens with zero attached hydrogens (tertiary/aromatic N) is 4. The summed E-state index contributed by atoms with van der Waals surface area (Å²) in [7, 11) is 0. The number of aliphatic hydroxyl groups excluding tert-OH is 1. The van der Waals surface area contributed by atoms with E-state index in [-0.39, 0.29) is 5.91 Å². The third-order valence-electron chi connectivity index (χ3n) is 6.35. The summed E-state index contributed by atoms with van der Waals surface area (Å²) in [4.78, 5) is 17.4. The number of nitrogens with one attached hydrogen (secondary N) is 1. The Morgan fingerprint density at radius 1 is 1.31 bits per heavy atom. The zero-order valence-corrected chi connectivity index (χ0v) is 15.5. The van der Waals surface area contributed by atoms with E-state index in [4.69, 9.17) is 0 Å². The Balaban J connectivity index is 1.37. The van der Waals surface area contributed by atoms with Crippen LogP contribution in [0.25, 0.3) is 5.82 Å². The van der Waals surface area contributed by atoms with Crippen molar-refractivity contribution < 1.29 is 14.6 Å². The lowest BCUT2D eigenvalue weighted by atomic mass is 10.1. The summed E-state index contributed by atoms with van der Waals surface area (Å²) in [6.45, 7) is 0. The van der Waals surface area contributed by atoms with Gasteiger partial charge < -0.3 is 15.6 Å². The van der Waals surface area contributed by atoms with Crippen LogP contribution in [-0.4, -0.2) is 31.9 Å². The number of rotatable bonds is 3. The Hall–Kier alpha value is -3.26. The number of hydrogen-bond acceptors (Lipinski definition) is 5. The van der Waals surface area contributed by atoms with Gasteiger partial charge in [0.1, 0.15) is 0 Å². The number of carbonyl (C=O) groups excluding carboxylic acids is 1. The normalized spacial score (nSPS) is 26.0. The fraction of sp³-hybridized carbons (Fsp3) is 0.333. The van der Waals surface area contributed by atoms with Gasteiger partial charge in [-0.1, -0.05) is 24.3 Å². The Morgan fingerprint density at radius 3 is 3.03 bits per heavy atom. The average molecular weight is 389 g/mol. The summed E-state index contributed by atoms with van der Waals surface area (Å²) in [5, 5.41) is 29.7. The predicted octanol–water partition coefficient (Wildman–Crippen LogP) is 0.948. The van der Waals surface area contributed by atoms with E-state index in [0.29, 0.717) is 34.5 Å². The molecule has 8 heteroatoms. The number of carbonyl (C=O) groups is 1. The third kappa shape index (κ3) is 2.49. The molecule has 0 radical (unpaired) electrons. The minimum absolute atomic E-state index is 0.298. The number of amides is 1. The van der Waals surface area contributed by atoms with E-state index >= 15 is 0 Å².